The van der Waals surface area contributed by atoms with E-state index in [1.54, 1.807) is 24.3 Å². The Kier molecular flexibility index (Phi) is 5.70. The second-order valence-electron chi connectivity index (χ2n) is 5.93. The van der Waals surface area contributed by atoms with Gasteiger partial charge in [0.05, 0.1) is 16.7 Å². The first-order valence-electron chi connectivity index (χ1n) is 7.74. The molecule has 0 aliphatic carbocycles. The van der Waals surface area contributed by atoms with Crippen LogP contribution in [0.15, 0.2) is 42.5 Å². The maximum Gasteiger partial charge on any atom is 0.118 e. The van der Waals surface area contributed by atoms with E-state index in [9.17, 15) is 5.11 Å². The molecule has 1 heterocycles. The summed E-state index contributed by atoms with van der Waals surface area (Å²) in [6, 6.07) is 12.7. The van der Waals surface area contributed by atoms with Crippen molar-refractivity contribution in [1.82, 2.24) is 5.32 Å². The monoisotopic (exact) mass is 385 g/mol. The molecule has 3 nitrogen and oxygen atoms in total. The van der Waals surface area contributed by atoms with E-state index in [2.05, 4.69) is 5.32 Å². The minimum atomic E-state index is -1.05. The third kappa shape index (κ3) is 3.88. The summed E-state index contributed by atoms with van der Waals surface area (Å²) in [7, 11) is 0. The summed E-state index contributed by atoms with van der Waals surface area (Å²) in [5.41, 5.74) is 0.674. The molecule has 2 unspecified atom stereocenters. The number of ether oxygens (including phenoxy) is 1. The van der Waals surface area contributed by atoms with Gasteiger partial charge in [-0.05, 0) is 48.4 Å². The smallest absolute Gasteiger partial charge is 0.118 e. The lowest BCUT2D eigenvalue weighted by atomic mass is 9.82. The molecule has 0 bridgehead atoms. The molecule has 2 aromatic carbocycles. The predicted octanol–water partition coefficient (Wildman–Crippen LogP) is 4.41. The van der Waals surface area contributed by atoms with Crippen molar-refractivity contribution >= 4 is 34.8 Å². The van der Waals surface area contributed by atoms with Crippen molar-refractivity contribution in [3.8, 4) is 0 Å². The van der Waals surface area contributed by atoms with E-state index in [1.807, 2.05) is 18.2 Å². The lowest BCUT2D eigenvalue weighted by Gasteiger charge is -2.40. The molecule has 128 valence electrons. The molecule has 1 aliphatic rings. The van der Waals surface area contributed by atoms with Crippen molar-refractivity contribution in [2.75, 3.05) is 13.1 Å². The van der Waals surface area contributed by atoms with Crippen molar-refractivity contribution in [1.29, 1.82) is 0 Å². The maximum absolute atomic E-state index is 11.2. The van der Waals surface area contributed by atoms with E-state index in [-0.39, 0.29) is 6.10 Å². The molecule has 2 N–H and O–H groups in total. The quantitative estimate of drug-likeness (QED) is 0.817. The van der Waals surface area contributed by atoms with E-state index in [4.69, 9.17) is 39.5 Å². The van der Waals surface area contributed by atoms with Crippen molar-refractivity contribution in [2.24, 2.45) is 0 Å². The first-order chi connectivity index (χ1) is 11.5. The van der Waals surface area contributed by atoms with Gasteiger partial charge in [-0.15, -0.1) is 0 Å². The van der Waals surface area contributed by atoms with Gasteiger partial charge in [0, 0.05) is 11.6 Å². The van der Waals surface area contributed by atoms with Crippen LogP contribution in [0, 0.1) is 0 Å². The molecule has 2 atom stereocenters. The average Bonchev–Trinajstić information content (AvgIpc) is 2.57. The predicted molar refractivity (Wildman–Crippen MR) is 97.9 cm³/mol. The van der Waals surface area contributed by atoms with Crippen LogP contribution < -0.4 is 5.32 Å². The first-order valence-corrected chi connectivity index (χ1v) is 8.87. The fourth-order valence-corrected chi connectivity index (χ4v) is 3.38. The Hall–Kier alpha value is -0.810. The standard InChI is InChI=1S/C18H18Cl3NO2/c19-14-4-2-13(3-5-14)18(23)7-8-22-10-17(18)24-11-12-1-6-15(20)16(21)9-12/h1-6,9,17,22-23H,7-8,10-11H2. The van der Waals surface area contributed by atoms with Crippen molar-refractivity contribution in [2.45, 2.75) is 24.7 Å². The fraction of sp³-hybridized carbons (Fsp3) is 0.333. The van der Waals surface area contributed by atoms with Gasteiger partial charge in [0.15, 0.2) is 0 Å². The van der Waals surface area contributed by atoms with Crippen LogP contribution in [-0.2, 0) is 16.9 Å². The number of benzene rings is 2. The average molecular weight is 387 g/mol. The summed E-state index contributed by atoms with van der Waals surface area (Å²) in [5.74, 6) is 0. The molecule has 6 heteroatoms. The Labute approximate surface area is 156 Å². The second kappa shape index (κ2) is 7.61. The Morgan fingerprint density at radius 2 is 1.83 bits per heavy atom. The Morgan fingerprint density at radius 1 is 1.08 bits per heavy atom. The third-order valence-corrected chi connectivity index (χ3v) is 5.32. The molecule has 0 amide bonds. The van der Waals surface area contributed by atoms with Gasteiger partial charge in [0.25, 0.3) is 0 Å². The zero-order valence-electron chi connectivity index (χ0n) is 12.9. The van der Waals surface area contributed by atoms with Crippen LogP contribution in [0.1, 0.15) is 17.5 Å². The second-order valence-corrected chi connectivity index (χ2v) is 7.18. The summed E-state index contributed by atoms with van der Waals surface area (Å²) in [4.78, 5) is 0. The van der Waals surface area contributed by atoms with Crippen LogP contribution in [0.3, 0.4) is 0 Å². The fourth-order valence-electron chi connectivity index (χ4n) is 2.93. The lowest BCUT2D eigenvalue weighted by molar-refractivity contribution is -0.134. The molecule has 0 aromatic heterocycles. The van der Waals surface area contributed by atoms with Gasteiger partial charge in [0.1, 0.15) is 11.7 Å². The first kappa shape index (κ1) is 18.0. The van der Waals surface area contributed by atoms with Crippen LogP contribution in [-0.4, -0.2) is 24.3 Å². The highest BCUT2D eigenvalue weighted by Crippen LogP contribution is 2.34. The summed E-state index contributed by atoms with van der Waals surface area (Å²) >= 11 is 17.9. The highest BCUT2D eigenvalue weighted by Gasteiger charge is 2.41. The summed E-state index contributed by atoms with van der Waals surface area (Å²) in [6.07, 6.45) is 0.197. The normalized spacial score (nSPS) is 24.1. The van der Waals surface area contributed by atoms with Gasteiger partial charge >= 0.3 is 0 Å². The van der Waals surface area contributed by atoms with Gasteiger partial charge in [-0.25, -0.2) is 0 Å². The molecule has 3 rings (SSSR count). The van der Waals surface area contributed by atoms with Gasteiger partial charge in [-0.3, -0.25) is 0 Å². The SMILES string of the molecule is OC1(c2ccc(Cl)cc2)CCNCC1OCc1ccc(Cl)c(Cl)c1. The van der Waals surface area contributed by atoms with Gasteiger partial charge in [-0.2, -0.15) is 0 Å². The minimum absolute atomic E-state index is 0.346. The molecule has 2 aromatic rings. The molecular formula is C18H18Cl3NO2. The molecule has 0 radical (unpaired) electrons. The largest absolute Gasteiger partial charge is 0.382 e. The van der Waals surface area contributed by atoms with Crippen LogP contribution >= 0.6 is 34.8 Å². The minimum Gasteiger partial charge on any atom is -0.382 e. The highest BCUT2D eigenvalue weighted by atomic mass is 35.5. The molecular weight excluding hydrogens is 369 g/mol. The van der Waals surface area contributed by atoms with Crippen molar-refractivity contribution < 1.29 is 9.84 Å². The van der Waals surface area contributed by atoms with Crippen LogP contribution in [0.25, 0.3) is 0 Å². The van der Waals surface area contributed by atoms with Crippen LogP contribution in [0.2, 0.25) is 15.1 Å². The van der Waals surface area contributed by atoms with Crippen molar-refractivity contribution in [3.05, 3.63) is 68.7 Å². The molecule has 1 fully saturated rings. The number of nitrogens with one attached hydrogen (secondary N) is 1. The number of halogens is 3. The molecule has 1 aliphatic heterocycles. The van der Waals surface area contributed by atoms with Gasteiger partial charge in [0.2, 0.25) is 0 Å². The van der Waals surface area contributed by atoms with Crippen LogP contribution in [0.4, 0.5) is 0 Å². The van der Waals surface area contributed by atoms with E-state index >= 15 is 0 Å². The summed E-state index contributed by atoms with van der Waals surface area (Å²) < 4.78 is 6.02. The van der Waals surface area contributed by atoms with Gasteiger partial charge in [-0.1, -0.05) is 53.0 Å². The summed E-state index contributed by atoms with van der Waals surface area (Å²) in [6.45, 7) is 1.64. The van der Waals surface area contributed by atoms with E-state index in [0.29, 0.717) is 34.6 Å². The molecule has 0 saturated carbocycles. The van der Waals surface area contributed by atoms with E-state index < -0.39 is 5.60 Å². The van der Waals surface area contributed by atoms with E-state index in [0.717, 1.165) is 17.7 Å². The third-order valence-electron chi connectivity index (χ3n) is 4.32. The molecule has 1 saturated heterocycles. The maximum atomic E-state index is 11.2. The zero-order chi connectivity index (χ0) is 17.2. The number of piperidine rings is 1. The molecule has 24 heavy (non-hydrogen) atoms. The van der Waals surface area contributed by atoms with Crippen molar-refractivity contribution in [3.63, 3.8) is 0 Å². The number of hydrogen-bond donors (Lipinski definition) is 2. The van der Waals surface area contributed by atoms with Crippen LogP contribution in [0.5, 0.6) is 0 Å². The Balaban J connectivity index is 1.76. The lowest BCUT2D eigenvalue weighted by Crippen LogP contribution is -2.53. The van der Waals surface area contributed by atoms with Gasteiger partial charge < -0.3 is 15.2 Å². The number of aliphatic hydroxyl groups is 1. The number of rotatable bonds is 4. The number of hydrogen-bond acceptors (Lipinski definition) is 3. The summed E-state index contributed by atoms with van der Waals surface area (Å²) in [5, 5.41) is 16.1. The Bertz CT molecular complexity index is 708. The zero-order valence-corrected chi connectivity index (χ0v) is 15.2. The topological polar surface area (TPSA) is 41.5 Å². The molecule has 0 spiro atoms. The highest BCUT2D eigenvalue weighted by molar-refractivity contribution is 6.42. The Morgan fingerprint density at radius 3 is 2.54 bits per heavy atom. The van der Waals surface area contributed by atoms with E-state index in [1.165, 1.54) is 0 Å².